The van der Waals surface area contributed by atoms with Gasteiger partial charge in [-0.25, -0.2) is 4.39 Å². The molecule has 1 aliphatic heterocycles. The molecule has 0 amide bonds. The van der Waals surface area contributed by atoms with Gasteiger partial charge in [-0.1, -0.05) is 0 Å². The van der Waals surface area contributed by atoms with Crippen molar-refractivity contribution in [1.29, 1.82) is 0 Å². The Morgan fingerprint density at radius 1 is 0.833 bits per heavy atom. The Kier molecular flexibility index (Phi) is 7.08. The zero-order valence-corrected chi connectivity index (χ0v) is 13.6. The zero-order chi connectivity index (χ0) is 18.4. The largest absolute Gasteiger partial charge is 0.463 e. The first-order chi connectivity index (χ1) is 11.1. The third-order valence-corrected chi connectivity index (χ3v) is 2.91. The normalized spacial score (nSPS) is 29.3. The lowest BCUT2D eigenvalue weighted by Crippen LogP contribution is -2.60. The molecule has 1 fully saturated rings. The van der Waals surface area contributed by atoms with Gasteiger partial charge >= 0.3 is 23.9 Å². The molecule has 136 valence electrons. The maximum atomic E-state index is 14.6. The molecular formula is C14H19FO9. The monoisotopic (exact) mass is 350 g/mol. The van der Waals surface area contributed by atoms with Gasteiger partial charge in [0.15, 0.2) is 12.3 Å². The molecule has 5 atom stereocenters. The fourth-order valence-corrected chi connectivity index (χ4v) is 2.10. The van der Waals surface area contributed by atoms with E-state index < -0.39 is 61.3 Å². The summed E-state index contributed by atoms with van der Waals surface area (Å²) in [5, 5.41) is 0. The Hall–Kier alpha value is -2.23. The molecule has 0 aliphatic carbocycles. The van der Waals surface area contributed by atoms with Crippen molar-refractivity contribution in [2.24, 2.45) is 0 Å². The van der Waals surface area contributed by atoms with Gasteiger partial charge in [-0.05, 0) is 0 Å². The molecule has 0 aromatic heterocycles. The van der Waals surface area contributed by atoms with Crippen LogP contribution in [0.2, 0.25) is 0 Å². The summed E-state index contributed by atoms with van der Waals surface area (Å²) in [6, 6.07) is 0. The molecular weight excluding hydrogens is 331 g/mol. The van der Waals surface area contributed by atoms with Crippen molar-refractivity contribution < 1.29 is 47.3 Å². The second-order valence-electron chi connectivity index (χ2n) is 5.05. The van der Waals surface area contributed by atoms with E-state index in [0.717, 1.165) is 27.7 Å². The number of carbonyl (C=O) groups excluding carboxylic acids is 4. The second-order valence-corrected chi connectivity index (χ2v) is 5.05. The molecule has 0 saturated carbocycles. The molecule has 0 radical (unpaired) electrons. The van der Waals surface area contributed by atoms with E-state index in [2.05, 4.69) is 4.74 Å². The maximum Gasteiger partial charge on any atom is 0.305 e. The molecule has 3 unspecified atom stereocenters. The predicted octanol–water partition coefficient (Wildman–Crippen LogP) is 0.0390. The smallest absolute Gasteiger partial charge is 0.305 e. The molecule has 1 saturated heterocycles. The highest BCUT2D eigenvalue weighted by molar-refractivity contribution is 5.68. The molecule has 24 heavy (non-hydrogen) atoms. The topological polar surface area (TPSA) is 114 Å². The van der Waals surface area contributed by atoms with Crippen LogP contribution >= 0.6 is 0 Å². The number of halogens is 1. The minimum atomic E-state index is -1.98. The first-order valence-corrected chi connectivity index (χ1v) is 7.06. The maximum absolute atomic E-state index is 14.6. The summed E-state index contributed by atoms with van der Waals surface area (Å²) >= 11 is 0. The SMILES string of the molecule is CC(=O)OCC1O[C@@H](OC(C)=O)C(OC(C)=O)C(OC(C)=O)[C@@H]1F. The number of carbonyl (C=O) groups is 4. The fourth-order valence-electron chi connectivity index (χ4n) is 2.10. The van der Waals surface area contributed by atoms with Crippen LogP contribution in [0.1, 0.15) is 27.7 Å². The summed E-state index contributed by atoms with van der Waals surface area (Å²) in [5.74, 6) is -3.12. The molecule has 0 aromatic carbocycles. The van der Waals surface area contributed by atoms with E-state index in [1.807, 2.05) is 0 Å². The van der Waals surface area contributed by atoms with Crippen LogP contribution in [0.25, 0.3) is 0 Å². The zero-order valence-electron chi connectivity index (χ0n) is 13.6. The van der Waals surface area contributed by atoms with Gasteiger partial charge in [-0.2, -0.15) is 0 Å². The van der Waals surface area contributed by atoms with Crippen LogP contribution in [-0.4, -0.2) is 61.3 Å². The van der Waals surface area contributed by atoms with Crippen molar-refractivity contribution in [2.75, 3.05) is 6.61 Å². The van der Waals surface area contributed by atoms with Crippen molar-refractivity contribution in [1.82, 2.24) is 0 Å². The first kappa shape index (κ1) is 19.8. The Balaban J connectivity index is 3.07. The number of esters is 4. The van der Waals surface area contributed by atoms with E-state index in [9.17, 15) is 23.6 Å². The number of ether oxygens (including phenoxy) is 5. The quantitative estimate of drug-likeness (QED) is 0.500. The lowest BCUT2D eigenvalue weighted by molar-refractivity contribution is -0.288. The molecule has 9 nitrogen and oxygen atoms in total. The average molecular weight is 350 g/mol. The van der Waals surface area contributed by atoms with Gasteiger partial charge in [-0.15, -0.1) is 0 Å². The number of alkyl halides is 1. The van der Waals surface area contributed by atoms with Crippen LogP contribution < -0.4 is 0 Å². The molecule has 0 N–H and O–H groups in total. The molecule has 10 heteroatoms. The van der Waals surface area contributed by atoms with Gasteiger partial charge < -0.3 is 23.7 Å². The molecule has 0 aromatic rings. The van der Waals surface area contributed by atoms with E-state index in [-0.39, 0.29) is 0 Å². The summed E-state index contributed by atoms with van der Waals surface area (Å²) in [6.45, 7) is 3.77. The fraction of sp³-hybridized carbons (Fsp3) is 0.714. The Labute approximate surface area is 137 Å². The molecule has 0 spiro atoms. The standard InChI is InChI=1S/C14H19FO9/c1-6(16)20-5-10-11(15)12(21-7(2)17)13(22-8(3)18)14(24-10)23-9(4)19/h10-14H,5H2,1-4H3/t10?,11-,12?,13?,14-/m1/s1. The lowest BCUT2D eigenvalue weighted by Gasteiger charge is -2.41. The van der Waals surface area contributed by atoms with Crippen LogP contribution in [0.5, 0.6) is 0 Å². The van der Waals surface area contributed by atoms with Gasteiger partial charge in [0.2, 0.25) is 12.4 Å². The highest BCUT2D eigenvalue weighted by atomic mass is 19.1. The van der Waals surface area contributed by atoms with Crippen molar-refractivity contribution in [3.05, 3.63) is 0 Å². The van der Waals surface area contributed by atoms with Crippen molar-refractivity contribution >= 4 is 23.9 Å². The van der Waals surface area contributed by atoms with Crippen LogP contribution in [0, 0.1) is 0 Å². The number of rotatable bonds is 5. The van der Waals surface area contributed by atoms with Crippen LogP contribution in [-0.2, 0) is 42.9 Å². The van der Waals surface area contributed by atoms with Gasteiger partial charge in [0.25, 0.3) is 0 Å². The molecule has 1 aliphatic rings. The van der Waals surface area contributed by atoms with E-state index in [4.69, 9.17) is 18.9 Å². The second kappa shape index (κ2) is 8.57. The van der Waals surface area contributed by atoms with Crippen molar-refractivity contribution in [3.63, 3.8) is 0 Å². The predicted molar refractivity (Wildman–Crippen MR) is 73.1 cm³/mol. The van der Waals surface area contributed by atoms with E-state index in [0.29, 0.717) is 0 Å². The van der Waals surface area contributed by atoms with E-state index in [1.165, 1.54) is 0 Å². The number of hydrogen-bond acceptors (Lipinski definition) is 9. The Morgan fingerprint density at radius 3 is 1.79 bits per heavy atom. The van der Waals surface area contributed by atoms with E-state index >= 15 is 0 Å². The van der Waals surface area contributed by atoms with Crippen LogP contribution in [0.3, 0.4) is 0 Å². The molecule has 1 rings (SSSR count). The van der Waals surface area contributed by atoms with Crippen molar-refractivity contribution in [3.8, 4) is 0 Å². The third-order valence-electron chi connectivity index (χ3n) is 2.91. The minimum Gasteiger partial charge on any atom is -0.463 e. The van der Waals surface area contributed by atoms with E-state index in [1.54, 1.807) is 0 Å². The van der Waals surface area contributed by atoms with Crippen molar-refractivity contribution in [2.45, 2.75) is 58.5 Å². The van der Waals surface area contributed by atoms with Gasteiger partial charge in [-0.3, -0.25) is 19.2 Å². The summed E-state index contributed by atoms with van der Waals surface area (Å²) < 4.78 is 39.1. The summed E-state index contributed by atoms with van der Waals surface area (Å²) in [5.41, 5.74) is 0. The van der Waals surface area contributed by atoms with Gasteiger partial charge in [0, 0.05) is 27.7 Å². The highest BCUT2D eigenvalue weighted by Crippen LogP contribution is 2.29. The van der Waals surface area contributed by atoms with Crippen LogP contribution in [0.4, 0.5) is 4.39 Å². The van der Waals surface area contributed by atoms with Crippen LogP contribution in [0.15, 0.2) is 0 Å². The summed E-state index contributed by atoms with van der Waals surface area (Å²) in [4.78, 5) is 44.5. The Bertz CT molecular complexity index is 506. The molecule has 0 bridgehead atoms. The summed E-state index contributed by atoms with van der Waals surface area (Å²) in [6.07, 6.45) is -7.98. The summed E-state index contributed by atoms with van der Waals surface area (Å²) in [7, 11) is 0. The number of hydrogen-bond donors (Lipinski definition) is 0. The van der Waals surface area contributed by atoms with Gasteiger partial charge in [0.1, 0.15) is 12.7 Å². The Morgan fingerprint density at radius 2 is 1.33 bits per heavy atom. The lowest BCUT2D eigenvalue weighted by atomic mass is 10.00. The highest BCUT2D eigenvalue weighted by Gasteiger charge is 2.52. The average Bonchev–Trinajstić information content (AvgIpc) is 2.42. The minimum absolute atomic E-state index is 0.501. The third kappa shape index (κ3) is 5.76. The van der Waals surface area contributed by atoms with Gasteiger partial charge in [0.05, 0.1) is 0 Å². The first-order valence-electron chi connectivity index (χ1n) is 7.06. The molecule has 1 heterocycles.